The number of carboxylic acid groups (broad SMARTS) is 1. The number of rotatable bonds is 12. The summed E-state index contributed by atoms with van der Waals surface area (Å²) in [6, 6.07) is 16.4. The van der Waals surface area contributed by atoms with Crippen molar-refractivity contribution >= 4 is 35.0 Å². The van der Waals surface area contributed by atoms with E-state index in [0.29, 0.717) is 39.9 Å². The van der Waals surface area contributed by atoms with Gasteiger partial charge in [0.25, 0.3) is 0 Å². The van der Waals surface area contributed by atoms with E-state index in [2.05, 4.69) is 16.0 Å². The molecule has 4 N–H and O–H groups in total. The van der Waals surface area contributed by atoms with Crippen molar-refractivity contribution in [1.29, 1.82) is 0 Å². The van der Waals surface area contributed by atoms with Crippen LogP contribution in [0.5, 0.6) is 17.2 Å². The third-order valence-corrected chi connectivity index (χ3v) is 6.45. The molecular weight excluding hydrogens is 528 g/mol. The summed E-state index contributed by atoms with van der Waals surface area (Å²) in [6.07, 6.45) is -0.918. The van der Waals surface area contributed by atoms with Crippen LogP contribution in [0.1, 0.15) is 37.4 Å². The maximum atomic E-state index is 12.8. The molecule has 0 saturated heterocycles. The number of carboxylic acids is 1. The minimum Gasteiger partial charge on any atom is -0.494 e. The van der Waals surface area contributed by atoms with Crippen molar-refractivity contribution in [3.63, 3.8) is 0 Å². The number of aliphatic carboxylic acids is 1. The highest BCUT2D eigenvalue weighted by Crippen LogP contribution is 2.39. The SMILES string of the molecule is COc1cc(N(C(C)NC(C)=O)C(CC(=O)O)c2ccc(OC)c(OC)c2)ccc1NC(=O)Nc1ccccc1C. The van der Waals surface area contributed by atoms with E-state index in [1.807, 2.05) is 25.1 Å². The van der Waals surface area contributed by atoms with Crippen LogP contribution in [0, 0.1) is 6.92 Å². The van der Waals surface area contributed by atoms with Crippen LogP contribution < -0.4 is 35.1 Å². The number of ether oxygens (including phenoxy) is 3. The summed E-state index contributed by atoms with van der Waals surface area (Å²) in [5.41, 5.74) is 3.15. The number of carbonyl (C=O) groups is 3. The Kier molecular flexibility index (Phi) is 10.4. The number of nitrogens with one attached hydrogen (secondary N) is 3. The van der Waals surface area contributed by atoms with E-state index in [1.165, 1.54) is 28.3 Å². The van der Waals surface area contributed by atoms with Gasteiger partial charge in [0.2, 0.25) is 5.91 Å². The first-order valence-electron chi connectivity index (χ1n) is 12.9. The van der Waals surface area contributed by atoms with Gasteiger partial charge in [-0.25, -0.2) is 4.79 Å². The maximum absolute atomic E-state index is 12.8. The number of benzene rings is 3. The highest BCUT2D eigenvalue weighted by Gasteiger charge is 2.30. The third kappa shape index (κ3) is 7.81. The van der Waals surface area contributed by atoms with Crippen molar-refractivity contribution in [2.75, 3.05) is 36.9 Å². The summed E-state index contributed by atoms with van der Waals surface area (Å²) >= 11 is 0. The van der Waals surface area contributed by atoms with Gasteiger partial charge in [0, 0.05) is 24.4 Å². The first kappa shape index (κ1) is 30.6. The van der Waals surface area contributed by atoms with E-state index < -0.39 is 24.2 Å². The standard InChI is InChI=1S/C30H36N4O7/c1-18-9-7-8-10-23(18)32-30(38)33-24-13-12-22(16-27(24)40-5)34(19(2)31-20(3)35)25(17-29(36)37)21-11-14-26(39-4)28(15-21)41-6/h7-16,19,25H,17H2,1-6H3,(H,31,35)(H,36,37)(H2,32,33,38). The minimum atomic E-state index is -1.04. The summed E-state index contributed by atoms with van der Waals surface area (Å²) in [4.78, 5) is 38.7. The zero-order chi connectivity index (χ0) is 30.1. The number of para-hydroxylation sites is 1. The lowest BCUT2D eigenvalue weighted by atomic mass is 9.99. The molecule has 3 aromatic rings. The molecule has 0 fully saturated rings. The van der Waals surface area contributed by atoms with E-state index >= 15 is 0 Å². The third-order valence-electron chi connectivity index (χ3n) is 6.45. The van der Waals surface area contributed by atoms with E-state index in [9.17, 15) is 19.5 Å². The fourth-order valence-electron chi connectivity index (χ4n) is 4.57. The molecule has 0 radical (unpaired) electrons. The summed E-state index contributed by atoms with van der Waals surface area (Å²) in [6.45, 7) is 5.03. The number of anilines is 3. The normalized spacial score (nSPS) is 12.0. The summed E-state index contributed by atoms with van der Waals surface area (Å²) < 4.78 is 16.4. The summed E-state index contributed by atoms with van der Waals surface area (Å²) in [5, 5.41) is 18.3. The molecule has 0 aromatic heterocycles. The molecule has 0 spiro atoms. The van der Waals surface area contributed by atoms with Gasteiger partial charge in [0.15, 0.2) is 11.5 Å². The van der Waals surface area contributed by atoms with Crippen LogP contribution in [0.15, 0.2) is 60.7 Å². The Morgan fingerprint density at radius 1 is 0.854 bits per heavy atom. The smallest absolute Gasteiger partial charge is 0.323 e. The predicted molar refractivity (Wildman–Crippen MR) is 157 cm³/mol. The van der Waals surface area contributed by atoms with E-state index in [1.54, 1.807) is 54.3 Å². The molecule has 0 bridgehead atoms. The number of carbonyl (C=O) groups excluding carboxylic acids is 2. The van der Waals surface area contributed by atoms with Gasteiger partial charge in [0.1, 0.15) is 5.75 Å². The summed E-state index contributed by atoms with van der Waals surface area (Å²) in [7, 11) is 4.48. The molecule has 2 atom stereocenters. The van der Waals surface area contributed by atoms with E-state index in [0.717, 1.165) is 5.56 Å². The van der Waals surface area contributed by atoms with Gasteiger partial charge < -0.3 is 40.2 Å². The van der Waals surface area contributed by atoms with E-state index in [-0.39, 0.29) is 12.3 Å². The minimum absolute atomic E-state index is 0.290. The van der Waals surface area contributed by atoms with Crippen molar-refractivity contribution in [2.45, 2.75) is 39.4 Å². The highest BCUT2D eigenvalue weighted by molar-refractivity contribution is 6.01. The molecule has 0 heterocycles. The van der Waals surface area contributed by atoms with Crippen LogP contribution in [0.2, 0.25) is 0 Å². The molecule has 0 aliphatic carbocycles. The number of aryl methyl sites for hydroxylation is 1. The number of methoxy groups -OCH3 is 3. The fraction of sp³-hybridized carbons (Fsp3) is 0.300. The molecule has 0 aliphatic rings. The Hall–Kier alpha value is -4.93. The van der Waals surface area contributed by atoms with Crippen molar-refractivity contribution in [3.8, 4) is 17.2 Å². The van der Waals surface area contributed by atoms with Gasteiger partial charge in [0.05, 0.1) is 45.6 Å². The molecular formula is C30H36N4O7. The second-order valence-electron chi connectivity index (χ2n) is 9.29. The maximum Gasteiger partial charge on any atom is 0.323 e. The van der Waals surface area contributed by atoms with Crippen LogP contribution >= 0.6 is 0 Å². The largest absolute Gasteiger partial charge is 0.494 e. The van der Waals surface area contributed by atoms with Gasteiger partial charge in [-0.1, -0.05) is 24.3 Å². The molecule has 41 heavy (non-hydrogen) atoms. The lowest BCUT2D eigenvalue weighted by molar-refractivity contribution is -0.137. The zero-order valence-corrected chi connectivity index (χ0v) is 24.0. The molecule has 2 unspecified atom stereocenters. The van der Waals surface area contributed by atoms with Crippen LogP contribution in [0.25, 0.3) is 0 Å². The topological polar surface area (TPSA) is 138 Å². The number of amides is 3. The lowest BCUT2D eigenvalue weighted by Crippen LogP contribution is -2.48. The van der Waals surface area contributed by atoms with Crippen LogP contribution in [-0.4, -0.2) is 50.5 Å². The number of nitrogens with zero attached hydrogens (tertiary/aromatic N) is 1. The quantitative estimate of drug-likeness (QED) is 0.221. The van der Waals surface area contributed by atoms with Crippen molar-refractivity contribution < 1.29 is 33.7 Å². The van der Waals surface area contributed by atoms with Gasteiger partial charge in [-0.3, -0.25) is 9.59 Å². The van der Waals surface area contributed by atoms with E-state index in [4.69, 9.17) is 14.2 Å². The Morgan fingerprint density at radius 2 is 1.51 bits per heavy atom. The Labute approximate surface area is 239 Å². The number of hydrogen-bond acceptors (Lipinski definition) is 7. The fourth-order valence-corrected chi connectivity index (χ4v) is 4.57. The molecule has 3 rings (SSSR count). The molecule has 11 nitrogen and oxygen atoms in total. The molecule has 3 aromatic carbocycles. The first-order valence-corrected chi connectivity index (χ1v) is 12.9. The van der Waals surface area contributed by atoms with Gasteiger partial charge in [-0.05, 0) is 55.3 Å². The van der Waals surface area contributed by atoms with Crippen molar-refractivity contribution in [1.82, 2.24) is 5.32 Å². The number of urea groups is 1. The summed E-state index contributed by atoms with van der Waals surface area (Å²) in [5.74, 6) is -0.0639. The number of hydrogen-bond donors (Lipinski definition) is 4. The molecule has 3 amide bonds. The molecule has 0 aliphatic heterocycles. The van der Waals surface area contributed by atoms with Crippen molar-refractivity contribution in [3.05, 3.63) is 71.8 Å². The van der Waals surface area contributed by atoms with Gasteiger partial charge >= 0.3 is 12.0 Å². The first-order chi connectivity index (χ1) is 19.6. The van der Waals surface area contributed by atoms with Crippen LogP contribution in [0.4, 0.5) is 21.9 Å². The zero-order valence-electron chi connectivity index (χ0n) is 24.0. The highest BCUT2D eigenvalue weighted by atomic mass is 16.5. The lowest BCUT2D eigenvalue weighted by Gasteiger charge is -2.38. The average Bonchev–Trinajstić information content (AvgIpc) is 2.93. The Morgan fingerprint density at radius 3 is 2.12 bits per heavy atom. The Bertz CT molecular complexity index is 1400. The molecule has 218 valence electrons. The average molecular weight is 565 g/mol. The second-order valence-corrected chi connectivity index (χ2v) is 9.29. The van der Waals surface area contributed by atoms with Gasteiger partial charge in [-0.15, -0.1) is 0 Å². The van der Waals surface area contributed by atoms with Gasteiger partial charge in [-0.2, -0.15) is 0 Å². The molecule has 0 saturated carbocycles. The Balaban J connectivity index is 2.04. The second kappa shape index (κ2) is 13.9. The predicted octanol–water partition coefficient (Wildman–Crippen LogP) is 5.17. The molecule has 11 heteroatoms. The van der Waals surface area contributed by atoms with Crippen LogP contribution in [-0.2, 0) is 9.59 Å². The monoisotopic (exact) mass is 564 g/mol. The van der Waals surface area contributed by atoms with Crippen LogP contribution in [0.3, 0.4) is 0 Å². The van der Waals surface area contributed by atoms with Crippen molar-refractivity contribution in [2.24, 2.45) is 0 Å².